The third-order valence-electron chi connectivity index (χ3n) is 6.07. The SMILES string of the molecule is COc1cc(Br)cc(/C=N\NC(=O)c2ccc(-n3c(-c4ccccc4)ccc3-c3ccccc3)cc2)c1O. The third-order valence-corrected chi connectivity index (χ3v) is 6.52. The van der Waals surface area contributed by atoms with Gasteiger partial charge in [0.15, 0.2) is 11.5 Å². The van der Waals surface area contributed by atoms with E-state index >= 15 is 0 Å². The Balaban J connectivity index is 1.41. The molecule has 0 atom stereocenters. The predicted molar refractivity (Wildman–Crippen MR) is 154 cm³/mol. The minimum atomic E-state index is -0.367. The Bertz CT molecular complexity index is 1540. The molecule has 0 saturated heterocycles. The maximum absolute atomic E-state index is 12.8. The average molecular weight is 566 g/mol. The second-order valence-corrected chi connectivity index (χ2v) is 9.38. The summed E-state index contributed by atoms with van der Waals surface area (Å²) in [4.78, 5) is 12.8. The fourth-order valence-corrected chi connectivity index (χ4v) is 4.67. The van der Waals surface area contributed by atoms with Crippen LogP contribution in [0.1, 0.15) is 15.9 Å². The number of carbonyl (C=O) groups excluding carboxylic acids is 1. The van der Waals surface area contributed by atoms with Crippen molar-refractivity contribution in [3.05, 3.63) is 125 Å². The van der Waals surface area contributed by atoms with Gasteiger partial charge in [0, 0.05) is 21.3 Å². The molecule has 0 bridgehead atoms. The molecule has 5 rings (SSSR count). The quantitative estimate of drug-likeness (QED) is 0.164. The smallest absolute Gasteiger partial charge is 0.271 e. The molecule has 0 radical (unpaired) electrons. The van der Waals surface area contributed by atoms with E-state index < -0.39 is 0 Å². The molecule has 1 aromatic heterocycles. The predicted octanol–water partition coefficient (Wildman–Crippen LogP) is 7.05. The molecule has 38 heavy (non-hydrogen) atoms. The first-order chi connectivity index (χ1) is 18.5. The summed E-state index contributed by atoms with van der Waals surface area (Å²) in [5.74, 6) is -0.126. The second kappa shape index (κ2) is 11.2. The molecule has 1 amide bonds. The first-order valence-corrected chi connectivity index (χ1v) is 12.7. The van der Waals surface area contributed by atoms with Gasteiger partial charge >= 0.3 is 0 Å². The molecular weight excluding hydrogens is 542 g/mol. The summed E-state index contributed by atoms with van der Waals surface area (Å²) in [5.41, 5.74) is 8.60. The number of nitrogens with zero attached hydrogens (tertiary/aromatic N) is 2. The van der Waals surface area contributed by atoms with Gasteiger partial charge in [0.2, 0.25) is 0 Å². The Labute approximate surface area is 229 Å². The van der Waals surface area contributed by atoms with Crippen LogP contribution in [0.15, 0.2) is 119 Å². The van der Waals surface area contributed by atoms with Gasteiger partial charge < -0.3 is 14.4 Å². The molecule has 0 fully saturated rings. The van der Waals surface area contributed by atoms with Crippen molar-refractivity contribution >= 4 is 28.1 Å². The standard InChI is InChI=1S/C31H24BrN3O3/c1-38-29-19-25(32)18-24(30(29)36)20-33-34-31(37)23-12-14-26(15-13-23)35-27(21-8-4-2-5-9-21)16-17-28(35)22-10-6-3-7-11-22/h2-20,36H,1H3,(H,34,37)/b33-20-. The molecule has 0 aliphatic heterocycles. The fourth-order valence-electron chi connectivity index (χ4n) is 4.22. The van der Waals surface area contributed by atoms with Gasteiger partial charge in [0.1, 0.15) is 0 Å². The van der Waals surface area contributed by atoms with Crippen LogP contribution < -0.4 is 10.2 Å². The van der Waals surface area contributed by atoms with E-state index in [0.29, 0.717) is 21.3 Å². The summed E-state index contributed by atoms with van der Waals surface area (Å²) >= 11 is 3.37. The highest BCUT2D eigenvalue weighted by Crippen LogP contribution is 2.33. The number of amides is 1. The lowest BCUT2D eigenvalue weighted by Crippen LogP contribution is -2.17. The number of nitrogens with one attached hydrogen (secondary N) is 1. The van der Waals surface area contributed by atoms with Crippen molar-refractivity contribution in [1.29, 1.82) is 0 Å². The van der Waals surface area contributed by atoms with Gasteiger partial charge in [-0.2, -0.15) is 5.10 Å². The third kappa shape index (κ3) is 5.23. The lowest BCUT2D eigenvalue weighted by molar-refractivity contribution is 0.0955. The number of phenolic OH excluding ortho intramolecular Hbond substituents is 1. The Morgan fingerprint density at radius 2 is 1.45 bits per heavy atom. The number of methoxy groups -OCH3 is 1. The van der Waals surface area contributed by atoms with Crippen molar-refractivity contribution in [3.63, 3.8) is 0 Å². The number of hydrogen-bond acceptors (Lipinski definition) is 4. The fraction of sp³-hybridized carbons (Fsp3) is 0.0323. The van der Waals surface area contributed by atoms with Gasteiger partial charge in [0.25, 0.3) is 5.91 Å². The molecule has 0 aliphatic carbocycles. The maximum Gasteiger partial charge on any atom is 0.271 e. The number of ether oxygens (including phenoxy) is 1. The van der Waals surface area contributed by atoms with Crippen LogP contribution in [0.3, 0.4) is 0 Å². The number of hydrogen-bond donors (Lipinski definition) is 2. The van der Waals surface area contributed by atoms with Crippen LogP contribution in [-0.2, 0) is 0 Å². The number of rotatable bonds is 7. The molecule has 5 aromatic rings. The highest BCUT2D eigenvalue weighted by atomic mass is 79.9. The number of aromatic hydroxyl groups is 1. The zero-order valence-electron chi connectivity index (χ0n) is 20.5. The summed E-state index contributed by atoms with van der Waals surface area (Å²) in [5, 5.41) is 14.3. The van der Waals surface area contributed by atoms with E-state index in [4.69, 9.17) is 4.74 Å². The van der Waals surface area contributed by atoms with Crippen LogP contribution in [0.2, 0.25) is 0 Å². The molecule has 2 N–H and O–H groups in total. The largest absolute Gasteiger partial charge is 0.504 e. The molecule has 0 spiro atoms. The number of carbonyl (C=O) groups is 1. The van der Waals surface area contributed by atoms with Gasteiger partial charge in [-0.05, 0) is 59.7 Å². The molecule has 0 aliphatic rings. The zero-order chi connectivity index (χ0) is 26.5. The van der Waals surface area contributed by atoms with Crippen molar-refractivity contribution in [2.45, 2.75) is 0 Å². The Morgan fingerprint density at radius 3 is 2.00 bits per heavy atom. The van der Waals surface area contributed by atoms with E-state index in [1.54, 1.807) is 24.3 Å². The van der Waals surface area contributed by atoms with Crippen LogP contribution in [0, 0.1) is 0 Å². The summed E-state index contributed by atoms with van der Waals surface area (Å²) in [6.45, 7) is 0. The number of benzene rings is 4. The molecule has 7 heteroatoms. The van der Waals surface area contributed by atoms with Crippen LogP contribution in [-0.4, -0.2) is 28.9 Å². The van der Waals surface area contributed by atoms with Crippen molar-refractivity contribution in [2.24, 2.45) is 5.10 Å². The van der Waals surface area contributed by atoms with Gasteiger partial charge in [0.05, 0.1) is 24.7 Å². The Kier molecular flexibility index (Phi) is 7.38. The van der Waals surface area contributed by atoms with Crippen LogP contribution >= 0.6 is 15.9 Å². The van der Waals surface area contributed by atoms with E-state index in [-0.39, 0.29) is 11.7 Å². The van der Waals surface area contributed by atoms with Crippen molar-refractivity contribution < 1.29 is 14.6 Å². The highest BCUT2D eigenvalue weighted by Gasteiger charge is 2.14. The normalized spacial score (nSPS) is 11.0. The molecule has 4 aromatic carbocycles. The average Bonchev–Trinajstić information content (AvgIpc) is 3.41. The van der Waals surface area contributed by atoms with E-state index in [1.807, 2.05) is 48.5 Å². The first-order valence-electron chi connectivity index (χ1n) is 11.9. The van der Waals surface area contributed by atoms with Crippen molar-refractivity contribution in [2.75, 3.05) is 7.11 Å². The maximum atomic E-state index is 12.8. The lowest BCUT2D eigenvalue weighted by atomic mass is 10.1. The summed E-state index contributed by atoms with van der Waals surface area (Å²) in [6, 6.07) is 35.3. The van der Waals surface area contributed by atoms with Gasteiger partial charge in [-0.3, -0.25) is 4.79 Å². The van der Waals surface area contributed by atoms with Crippen LogP contribution in [0.25, 0.3) is 28.2 Å². The number of aromatic nitrogens is 1. The molecule has 188 valence electrons. The number of hydrazone groups is 1. The summed E-state index contributed by atoms with van der Waals surface area (Å²) in [6.07, 6.45) is 1.37. The highest BCUT2D eigenvalue weighted by molar-refractivity contribution is 9.10. The second-order valence-electron chi connectivity index (χ2n) is 8.46. The van der Waals surface area contributed by atoms with E-state index in [0.717, 1.165) is 28.2 Å². The molecule has 0 saturated carbocycles. The van der Waals surface area contributed by atoms with Crippen molar-refractivity contribution in [3.8, 4) is 39.7 Å². The molecule has 1 heterocycles. The summed E-state index contributed by atoms with van der Waals surface area (Å²) in [7, 11) is 1.47. The van der Waals surface area contributed by atoms with Gasteiger partial charge in [-0.25, -0.2) is 5.43 Å². The van der Waals surface area contributed by atoms with Crippen molar-refractivity contribution in [1.82, 2.24) is 9.99 Å². The first kappa shape index (κ1) is 25.0. The topological polar surface area (TPSA) is 75.8 Å². The lowest BCUT2D eigenvalue weighted by Gasteiger charge is -2.15. The summed E-state index contributed by atoms with van der Waals surface area (Å²) < 4.78 is 8.05. The van der Waals surface area contributed by atoms with Crippen LogP contribution in [0.5, 0.6) is 11.5 Å². The zero-order valence-corrected chi connectivity index (χ0v) is 22.1. The molecular formula is C31H24BrN3O3. The molecule has 6 nitrogen and oxygen atoms in total. The van der Waals surface area contributed by atoms with Gasteiger partial charge in [-0.15, -0.1) is 0 Å². The molecule has 0 unspecified atom stereocenters. The minimum Gasteiger partial charge on any atom is -0.504 e. The number of halogens is 1. The van der Waals surface area contributed by atoms with E-state index in [1.165, 1.54) is 13.3 Å². The van der Waals surface area contributed by atoms with E-state index in [9.17, 15) is 9.90 Å². The monoisotopic (exact) mass is 565 g/mol. The minimum absolute atomic E-state index is 0.0618. The van der Waals surface area contributed by atoms with Crippen LogP contribution in [0.4, 0.5) is 0 Å². The van der Waals surface area contributed by atoms with Gasteiger partial charge in [-0.1, -0.05) is 76.6 Å². The Morgan fingerprint density at radius 1 is 0.868 bits per heavy atom. The number of phenols is 1. The Hall–Kier alpha value is -4.62. The van der Waals surface area contributed by atoms with E-state index in [2.05, 4.69) is 67.4 Å².